The molecule has 0 atom stereocenters. The lowest BCUT2D eigenvalue weighted by atomic mass is 9.78. The smallest absolute Gasteiger partial charge is 0.118 e. The van der Waals surface area contributed by atoms with Gasteiger partial charge in [0.2, 0.25) is 0 Å². The van der Waals surface area contributed by atoms with Crippen molar-refractivity contribution in [2.75, 3.05) is 14.2 Å². The molecule has 1 aliphatic heterocycles. The van der Waals surface area contributed by atoms with Gasteiger partial charge in [-0.3, -0.25) is 0 Å². The zero-order valence-electron chi connectivity index (χ0n) is 26.7. The molecule has 0 bridgehead atoms. The molecule has 0 amide bonds. The summed E-state index contributed by atoms with van der Waals surface area (Å²) in [5.74, 6) is 1.60. The third-order valence-corrected chi connectivity index (χ3v) is 10.4. The minimum atomic E-state index is -0.718. The summed E-state index contributed by atoms with van der Waals surface area (Å²) in [5.41, 5.74) is 9.86. The van der Waals surface area contributed by atoms with Crippen molar-refractivity contribution >= 4 is 40.2 Å². The summed E-state index contributed by atoms with van der Waals surface area (Å²) in [6.45, 7) is 0. The van der Waals surface area contributed by atoms with Crippen molar-refractivity contribution in [2.45, 2.75) is 4.75 Å². The van der Waals surface area contributed by atoms with Gasteiger partial charge in [0.15, 0.2) is 0 Å². The molecule has 0 spiro atoms. The molecular formula is C43H34ClNO2S. The molecule has 1 heterocycles. The van der Waals surface area contributed by atoms with Crippen LogP contribution in [0.4, 0.5) is 0 Å². The molecule has 3 nitrogen and oxygen atoms in total. The van der Waals surface area contributed by atoms with E-state index in [0.717, 1.165) is 66.8 Å². The lowest BCUT2D eigenvalue weighted by Crippen LogP contribution is -2.35. The SMILES string of the molecule is COc1ccc(C2(c3ccc(OC)cc3)SC(=C(c3ccccc3)c3ccccc3)NC(c3ccc(Cl)cc3)=C2c2ccccc2)cc1. The lowest BCUT2D eigenvalue weighted by Gasteiger charge is -2.44. The van der Waals surface area contributed by atoms with Gasteiger partial charge in [0.25, 0.3) is 0 Å². The number of rotatable bonds is 8. The molecule has 0 radical (unpaired) electrons. The Bertz CT molecular complexity index is 1970. The van der Waals surface area contributed by atoms with Gasteiger partial charge in [0.05, 0.1) is 29.7 Å². The van der Waals surface area contributed by atoms with E-state index in [-0.39, 0.29) is 0 Å². The maximum absolute atomic E-state index is 6.47. The van der Waals surface area contributed by atoms with Crippen LogP contribution in [0.3, 0.4) is 0 Å². The molecule has 7 rings (SSSR count). The van der Waals surface area contributed by atoms with E-state index in [1.54, 1.807) is 14.2 Å². The summed E-state index contributed by atoms with van der Waals surface area (Å²) in [4.78, 5) is 0. The first-order valence-electron chi connectivity index (χ1n) is 15.8. The largest absolute Gasteiger partial charge is 0.497 e. The Hall–Kier alpha value is -5.16. The highest BCUT2D eigenvalue weighted by Crippen LogP contribution is 2.60. The second-order valence-electron chi connectivity index (χ2n) is 11.4. The first-order valence-corrected chi connectivity index (χ1v) is 17.0. The fraction of sp³-hybridized carbons (Fsp3) is 0.0698. The molecule has 48 heavy (non-hydrogen) atoms. The molecule has 0 unspecified atom stereocenters. The van der Waals surface area contributed by atoms with Gasteiger partial charge in [0.1, 0.15) is 11.5 Å². The van der Waals surface area contributed by atoms with Crippen LogP contribution in [0.25, 0.3) is 16.8 Å². The number of benzene rings is 6. The fourth-order valence-corrected chi connectivity index (χ4v) is 8.10. The standard InChI is InChI=1S/C43H34ClNO2S/c1-46-37-26-20-34(21-27-37)43(35-22-28-38(47-2)29-23-35)40(32-16-10-5-11-17-32)41(33-18-24-36(44)25-19-33)45-42(48-43)39(30-12-6-3-7-13-30)31-14-8-4-9-15-31/h3-29,45H,1-2H3. The van der Waals surface area contributed by atoms with Crippen molar-refractivity contribution in [1.29, 1.82) is 0 Å². The molecule has 0 aliphatic carbocycles. The molecule has 1 aliphatic rings. The highest BCUT2D eigenvalue weighted by atomic mass is 35.5. The van der Waals surface area contributed by atoms with Gasteiger partial charge >= 0.3 is 0 Å². The maximum atomic E-state index is 6.47. The lowest BCUT2D eigenvalue weighted by molar-refractivity contribution is 0.414. The molecule has 6 aromatic rings. The molecule has 5 heteroatoms. The summed E-state index contributed by atoms with van der Waals surface area (Å²) < 4.78 is 10.6. The Morgan fingerprint density at radius 2 is 1.00 bits per heavy atom. The van der Waals surface area contributed by atoms with Gasteiger partial charge in [0, 0.05) is 16.2 Å². The first kappa shape index (κ1) is 31.4. The number of halogens is 1. The summed E-state index contributed by atoms with van der Waals surface area (Å²) in [6, 6.07) is 56.9. The number of nitrogens with one attached hydrogen (secondary N) is 1. The quantitative estimate of drug-likeness (QED) is 0.176. The van der Waals surface area contributed by atoms with Crippen LogP contribution in [-0.2, 0) is 4.75 Å². The summed E-state index contributed by atoms with van der Waals surface area (Å²) >= 11 is 8.29. The van der Waals surface area contributed by atoms with Gasteiger partial charge < -0.3 is 14.8 Å². The molecule has 0 fully saturated rings. The van der Waals surface area contributed by atoms with Gasteiger partial charge in [-0.1, -0.05) is 151 Å². The Morgan fingerprint density at radius 3 is 1.46 bits per heavy atom. The van der Waals surface area contributed by atoms with Crippen LogP contribution in [0.5, 0.6) is 11.5 Å². The van der Waals surface area contributed by atoms with E-state index in [9.17, 15) is 0 Å². The predicted molar refractivity (Wildman–Crippen MR) is 201 cm³/mol. The van der Waals surface area contributed by atoms with E-state index in [1.807, 2.05) is 48.2 Å². The van der Waals surface area contributed by atoms with Crippen molar-refractivity contribution in [2.24, 2.45) is 0 Å². The van der Waals surface area contributed by atoms with Crippen LogP contribution >= 0.6 is 23.4 Å². The molecule has 0 saturated carbocycles. The van der Waals surface area contributed by atoms with Crippen LogP contribution in [0.15, 0.2) is 169 Å². The third-order valence-electron chi connectivity index (χ3n) is 8.64. The van der Waals surface area contributed by atoms with Gasteiger partial charge in [-0.25, -0.2) is 0 Å². The number of hydrogen-bond acceptors (Lipinski definition) is 4. The normalized spacial score (nSPS) is 13.9. The monoisotopic (exact) mass is 663 g/mol. The Balaban J connectivity index is 1.66. The van der Waals surface area contributed by atoms with Crippen LogP contribution in [0.2, 0.25) is 5.02 Å². The Kier molecular flexibility index (Phi) is 9.11. The first-order chi connectivity index (χ1) is 23.6. The maximum Gasteiger partial charge on any atom is 0.118 e. The van der Waals surface area contributed by atoms with Crippen molar-refractivity contribution in [3.63, 3.8) is 0 Å². The van der Waals surface area contributed by atoms with Gasteiger partial charge in [-0.15, -0.1) is 0 Å². The molecule has 236 valence electrons. The second kappa shape index (κ2) is 13.9. The summed E-state index contributed by atoms with van der Waals surface area (Å²) in [6.07, 6.45) is 0. The summed E-state index contributed by atoms with van der Waals surface area (Å²) in [7, 11) is 3.41. The van der Waals surface area contributed by atoms with Gasteiger partial charge in [-0.2, -0.15) is 0 Å². The van der Waals surface area contributed by atoms with Crippen LogP contribution < -0.4 is 14.8 Å². The topological polar surface area (TPSA) is 30.5 Å². The highest BCUT2D eigenvalue weighted by molar-refractivity contribution is 8.04. The molecule has 1 N–H and O–H groups in total. The van der Waals surface area contributed by atoms with Gasteiger partial charge in [-0.05, 0) is 69.8 Å². The van der Waals surface area contributed by atoms with E-state index in [1.165, 1.54) is 0 Å². The number of methoxy groups -OCH3 is 2. The van der Waals surface area contributed by atoms with Crippen LogP contribution in [0.1, 0.15) is 33.4 Å². The zero-order valence-corrected chi connectivity index (χ0v) is 28.3. The van der Waals surface area contributed by atoms with Crippen molar-refractivity contribution < 1.29 is 9.47 Å². The minimum Gasteiger partial charge on any atom is -0.497 e. The van der Waals surface area contributed by atoms with Crippen LogP contribution in [0, 0.1) is 0 Å². The average Bonchev–Trinajstić information content (AvgIpc) is 3.16. The third kappa shape index (κ3) is 6.01. The fourth-order valence-electron chi connectivity index (χ4n) is 6.34. The van der Waals surface area contributed by atoms with Crippen molar-refractivity contribution in [3.05, 3.63) is 207 Å². The number of ether oxygens (including phenoxy) is 2. The van der Waals surface area contributed by atoms with E-state index < -0.39 is 4.75 Å². The van der Waals surface area contributed by atoms with Crippen LogP contribution in [-0.4, -0.2) is 14.2 Å². The summed E-state index contributed by atoms with van der Waals surface area (Å²) in [5, 5.41) is 5.72. The molecule has 6 aromatic carbocycles. The minimum absolute atomic E-state index is 0.687. The molecule has 0 saturated heterocycles. The Labute approximate surface area is 291 Å². The Morgan fingerprint density at radius 1 is 0.542 bits per heavy atom. The van der Waals surface area contributed by atoms with E-state index in [4.69, 9.17) is 21.1 Å². The van der Waals surface area contributed by atoms with E-state index >= 15 is 0 Å². The number of thioether (sulfide) groups is 1. The van der Waals surface area contributed by atoms with E-state index in [2.05, 4.69) is 133 Å². The van der Waals surface area contributed by atoms with E-state index in [0.29, 0.717) is 5.02 Å². The second-order valence-corrected chi connectivity index (χ2v) is 13.1. The predicted octanol–water partition coefficient (Wildman–Crippen LogP) is 10.9. The average molecular weight is 664 g/mol. The highest BCUT2D eigenvalue weighted by Gasteiger charge is 2.46. The molecule has 0 aromatic heterocycles. The molecular weight excluding hydrogens is 630 g/mol. The van der Waals surface area contributed by atoms with Crippen molar-refractivity contribution in [1.82, 2.24) is 5.32 Å². The van der Waals surface area contributed by atoms with Crippen molar-refractivity contribution in [3.8, 4) is 11.5 Å². The number of hydrogen-bond donors (Lipinski definition) is 1. The zero-order chi connectivity index (χ0) is 32.9.